The third-order valence-corrected chi connectivity index (χ3v) is 15.6. The van der Waals surface area contributed by atoms with Gasteiger partial charge in [0.1, 0.15) is 0 Å². The largest absolute Gasteiger partial charge is 0.466 e. The average Bonchev–Trinajstić information content (AvgIpc) is 3.38. The van der Waals surface area contributed by atoms with Crippen molar-refractivity contribution >= 4 is 11.9 Å². The summed E-state index contributed by atoms with van der Waals surface area (Å²) >= 11 is 0. The van der Waals surface area contributed by atoms with Gasteiger partial charge in [0.2, 0.25) is 5.91 Å². The molecule has 0 bridgehead atoms. The molecule has 6 heteroatoms. The number of ether oxygens (including phenoxy) is 1. The van der Waals surface area contributed by atoms with E-state index in [-0.39, 0.29) is 18.5 Å². The lowest BCUT2D eigenvalue weighted by Crippen LogP contribution is -2.45. The quantitative estimate of drug-likeness (QED) is 0.0320. The molecule has 0 aromatic heterocycles. The van der Waals surface area contributed by atoms with Gasteiger partial charge in [-0.3, -0.25) is 9.59 Å². The van der Waals surface area contributed by atoms with Crippen LogP contribution in [0.2, 0.25) is 0 Å². The van der Waals surface area contributed by atoms with Crippen LogP contribution in [0.1, 0.15) is 373 Å². The van der Waals surface area contributed by atoms with Gasteiger partial charge < -0.3 is 20.3 Å². The topological polar surface area (TPSA) is 95.9 Å². The zero-order valence-corrected chi connectivity index (χ0v) is 48.9. The first-order valence-corrected chi connectivity index (χ1v) is 32.9. The van der Waals surface area contributed by atoms with Crippen molar-refractivity contribution in [3.63, 3.8) is 0 Å². The minimum Gasteiger partial charge on any atom is -0.466 e. The number of allylic oxidation sites excluding steroid dienone is 2. The maximum atomic E-state index is 12.5. The third-order valence-electron chi connectivity index (χ3n) is 15.6. The van der Waals surface area contributed by atoms with E-state index in [0.717, 1.165) is 70.6 Å². The van der Waals surface area contributed by atoms with Crippen molar-refractivity contribution in [1.82, 2.24) is 5.32 Å². The second-order valence-electron chi connectivity index (χ2n) is 22.8. The van der Waals surface area contributed by atoms with Crippen LogP contribution in [-0.4, -0.2) is 47.4 Å². The fourth-order valence-electron chi connectivity index (χ4n) is 10.5. The van der Waals surface area contributed by atoms with Crippen LogP contribution in [0.5, 0.6) is 0 Å². The van der Waals surface area contributed by atoms with Crippen molar-refractivity contribution in [3.8, 4) is 0 Å². The summed E-state index contributed by atoms with van der Waals surface area (Å²) in [4.78, 5) is 24.6. The highest BCUT2D eigenvalue weighted by molar-refractivity contribution is 5.76. The molecule has 72 heavy (non-hydrogen) atoms. The van der Waals surface area contributed by atoms with E-state index in [1.54, 1.807) is 0 Å². The van der Waals surface area contributed by atoms with Gasteiger partial charge in [-0.25, -0.2) is 0 Å². The first-order chi connectivity index (χ1) is 35.5. The standard InChI is InChI=1S/C66H129NO5/c1-3-5-7-9-11-13-15-17-19-21-22-23-24-25-26-28-30-34-38-42-46-50-54-58-64(69)63(62-68)67-65(70)59-55-51-47-43-39-35-31-29-33-37-41-45-49-53-57-61-72-66(71)60-56-52-48-44-40-36-32-27-20-18-16-14-12-10-8-6-4-2/h33,37,63-64,68-69H,3-32,34-36,38-62H2,1-2H3,(H,67,70)/b37-33-. The van der Waals surface area contributed by atoms with E-state index in [4.69, 9.17) is 4.74 Å². The molecule has 428 valence electrons. The molecule has 0 fully saturated rings. The normalized spacial score (nSPS) is 12.6. The lowest BCUT2D eigenvalue weighted by molar-refractivity contribution is -0.143. The van der Waals surface area contributed by atoms with Crippen molar-refractivity contribution in [3.05, 3.63) is 12.2 Å². The Bertz CT molecular complexity index is 1080. The van der Waals surface area contributed by atoms with E-state index < -0.39 is 12.1 Å². The second-order valence-corrected chi connectivity index (χ2v) is 22.8. The molecule has 0 aromatic carbocycles. The molecule has 6 nitrogen and oxygen atoms in total. The second kappa shape index (κ2) is 62.1. The molecule has 0 aliphatic heterocycles. The maximum Gasteiger partial charge on any atom is 0.305 e. The van der Waals surface area contributed by atoms with Gasteiger partial charge in [0.15, 0.2) is 0 Å². The van der Waals surface area contributed by atoms with Gasteiger partial charge >= 0.3 is 5.97 Å². The summed E-state index contributed by atoms with van der Waals surface area (Å²) in [6.45, 7) is 4.96. The molecular weight excluding hydrogens is 887 g/mol. The Morgan fingerprint density at radius 3 is 0.986 bits per heavy atom. The lowest BCUT2D eigenvalue weighted by atomic mass is 10.0. The van der Waals surface area contributed by atoms with Crippen LogP contribution in [0.4, 0.5) is 0 Å². The number of hydrogen-bond donors (Lipinski definition) is 3. The van der Waals surface area contributed by atoms with Crippen LogP contribution in [0.15, 0.2) is 12.2 Å². The van der Waals surface area contributed by atoms with Gasteiger partial charge in [-0.05, 0) is 51.4 Å². The zero-order valence-electron chi connectivity index (χ0n) is 48.9. The van der Waals surface area contributed by atoms with Gasteiger partial charge in [-0.2, -0.15) is 0 Å². The minimum atomic E-state index is -0.675. The Hall–Kier alpha value is -1.40. The Kier molecular flexibility index (Phi) is 60.9. The highest BCUT2D eigenvalue weighted by Gasteiger charge is 2.20. The van der Waals surface area contributed by atoms with Crippen LogP contribution < -0.4 is 5.32 Å². The van der Waals surface area contributed by atoms with Crippen molar-refractivity contribution < 1.29 is 24.5 Å². The summed E-state index contributed by atoms with van der Waals surface area (Å²) in [5.41, 5.74) is 0. The first-order valence-electron chi connectivity index (χ1n) is 32.9. The number of nitrogens with one attached hydrogen (secondary N) is 1. The number of unbranched alkanes of at least 4 members (excludes halogenated alkanes) is 49. The number of carbonyl (C=O) groups excluding carboxylic acids is 2. The van der Waals surface area contributed by atoms with Crippen LogP contribution >= 0.6 is 0 Å². The molecule has 0 heterocycles. The number of amides is 1. The Morgan fingerprint density at radius 2 is 0.653 bits per heavy atom. The molecule has 0 saturated heterocycles. The summed E-state index contributed by atoms with van der Waals surface area (Å²) in [6.07, 6.45) is 75.2. The van der Waals surface area contributed by atoms with Crippen LogP contribution in [0.3, 0.4) is 0 Å². The highest BCUT2D eigenvalue weighted by Crippen LogP contribution is 2.19. The predicted molar refractivity (Wildman–Crippen MR) is 315 cm³/mol. The number of hydrogen-bond acceptors (Lipinski definition) is 5. The fraction of sp³-hybridized carbons (Fsp3) is 0.939. The third kappa shape index (κ3) is 57.9. The SMILES string of the molecule is CCCCCCCCCCCCCCCCCCCCCCCCCC(O)C(CO)NC(=O)CCCCCCCCC/C=C\CCCCCCOC(=O)CCCCCCCCCCCCCCCCCCC. The summed E-state index contributed by atoms with van der Waals surface area (Å²) in [5.74, 6) is -0.0502. The van der Waals surface area contributed by atoms with Crippen LogP contribution in [-0.2, 0) is 14.3 Å². The van der Waals surface area contributed by atoms with E-state index in [0.29, 0.717) is 25.9 Å². The van der Waals surface area contributed by atoms with E-state index >= 15 is 0 Å². The first kappa shape index (κ1) is 70.6. The number of aliphatic hydroxyl groups excluding tert-OH is 2. The molecule has 2 atom stereocenters. The van der Waals surface area contributed by atoms with Gasteiger partial charge in [0, 0.05) is 12.8 Å². The zero-order chi connectivity index (χ0) is 52.2. The molecule has 0 saturated carbocycles. The van der Waals surface area contributed by atoms with Crippen molar-refractivity contribution in [2.45, 2.75) is 386 Å². The number of esters is 1. The Morgan fingerprint density at radius 1 is 0.375 bits per heavy atom. The molecule has 2 unspecified atom stereocenters. The van der Waals surface area contributed by atoms with E-state index in [9.17, 15) is 19.8 Å². The molecule has 0 radical (unpaired) electrons. The predicted octanol–water partition coefficient (Wildman–Crippen LogP) is 20.8. The molecule has 0 rings (SSSR count). The van der Waals surface area contributed by atoms with Gasteiger partial charge in [0.25, 0.3) is 0 Å². The van der Waals surface area contributed by atoms with Gasteiger partial charge in [-0.1, -0.05) is 321 Å². The summed E-state index contributed by atoms with van der Waals surface area (Å²) < 4.78 is 5.48. The lowest BCUT2D eigenvalue weighted by Gasteiger charge is -2.22. The van der Waals surface area contributed by atoms with Gasteiger partial charge in [0.05, 0.1) is 25.4 Å². The monoisotopic (exact) mass is 1020 g/mol. The van der Waals surface area contributed by atoms with E-state index in [1.165, 1.54) is 270 Å². The maximum absolute atomic E-state index is 12.5. The molecule has 1 amide bonds. The van der Waals surface area contributed by atoms with Crippen LogP contribution in [0, 0.1) is 0 Å². The molecule has 3 N–H and O–H groups in total. The summed E-state index contributed by atoms with van der Waals surface area (Å²) in [7, 11) is 0. The summed E-state index contributed by atoms with van der Waals surface area (Å²) in [5, 5.41) is 23.4. The van der Waals surface area contributed by atoms with E-state index in [2.05, 4.69) is 31.3 Å². The molecule has 0 aliphatic carbocycles. The van der Waals surface area contributed by atoms with Crippen molar-refractivity contribution in [2.75, 3.05) is 13.2 Å². The summed E-state index contributed by atoms with van der Waals surface area (Å²) in [6, 6.07) is -0.553. The van der Waals surface area contributed by atoms with Crippen molar-refractivity contribution in [2.24, 2.45) is 0 Å². The minimum absolute atomic E-state index is 0.00474. The Balaban J connectivity index is 3.44. The molecular formula is C66H129NO5. The van der Waals surface area contributed by atoms with Crippen LogP contribution in [0.25, 0.3) is 0 Å². The Labute approximate surface area is 450 Å². The number of rotatable bonds is 62. The smallest absolute Gasteiger partial charge is 0.305 e. The molecule has 0 aliphatic rings. The number of carbonyl (C=O) groups is 2. The van der Waals surface area contributed by atoms with Gasteiger partial charge in [-0.15, -0.1) is 0 Å². The van der Waals surface area contributed by atoms with Crippen molar-refractivity contribution in [1.29, 1.82) is 0 Å². The molecule has 0 spiro atoms. The number of aliphatic hydroxyl groups is 2. The van der Waals surface area contributed by atoms with E-state index in [1.807, 2.05) is 0 Å². The fourth-order valence-corrected chi connectivity index (χ4v) is 10.5. The average molecular weight is 1020 g/mol. The molecule has 0 aromatic rings. The highest BCUT2D eigenvalue weighted by atomic mass is 16.5.